The zero-order chi connectivity index (χ0) is 9.97. The molecule has 2 rings (SSSR count). The third kappa shape index (κ3) is 1.75. The van der Waals surface area contributed by atoms with Gasteiger partial charge in [0.25, 0.3) is 6.01 Å². The minimum atomic E-state index is 0.446. The first kappa shape index (κ1) is 9.52. The van der Waals surface area contributed by atoms with Gasteiger partial charge in [0.05, 0.1) is 5.69 Å². The van der Waals surface area contributed by atoms with Crippen molar-refractivity contribution in [3.63, 3.8) is 0 Å². The van der Waals surface area contributed by atoms with Crippen molar-refractivity contribution in [2.45, 2.75) is 38.3 Å². The number of aromatic nitrogens is 1. The predicted molar refractivity (Wildman–Crippen MR) is 55.1 cm³/mol. The van der Waals surface area contributed by atoms with E-state index in [1.54, 1.807) is 6.26 Å². The maximum absolute atomic E-state index is 5.48. The first-order valence-electron chi connectivity index (χ1n) is 5.18. The van der Waals surface area contributed by atoms with Crippen molar-refractivity contribution in [2.24, 2.45) is 5.73 Å². The van der Waals surface area contributed by atoms with Gasteiger partial charge in [0, 0.05) is 19.6 Å². The lowest BCUT2D eigenvalue weighted by Gasteiger charge is -2.21. The van der Waals surface area contributed by atoms with Crippen LogP contribution in [0, 0.1) is 0 Å². The van der Waals surface area contributed by atoms with Gasteiger partial charge in [-0.25, -0.2) is 0 Å². The minimum Gasteiger partial charge on any atom is -0.432 e. The number of nitrogens with zero attached hydrogens (tertiary/aromatic N) is 2. The van der Waals surface area contributed by atoms with E-state index < -0.39 is 0 Å². The normalized spacial score (nSPS) is 17.6. The van der Waals surface area contributed by atoms with Crippen molar-refractivity contribution in [1.29, 1.82) is 0 Å². The zero-order valence-electron chi connectivity index (χ0n) is 8.57. The molecule has 1 aromatic heterocycles. The summed E-state index contributed by atoms with van der Waals surface area (Å²) in [6.45, 7) is 0.446. The minimum absolute atomic E-state index is 0.446. The lowest BCUT2D eigenvalue weighted by atomic mass is 10.2. The fourth-order valence-electron chi connectivity index (χ4n) is 2.00. The molecule has 0 amide bonds. The molecule has 1 aromatic rings. The average molecular weight is 195 g/mol. The van der Waals surface area contributed by atoms with E-state index in [4.69, 9.17) is 10.2 Å². The molecule has 0 radical (unpaired) electrons. The average Bonchev–Trinajstić information content (AvgIpc) is 2.88. The van der Waals surface area contributed by atoms with Crippen LogP contribution in [0.4, 0.5) is 6.01 Å². The third-order valence-electron chi connectivity index (χ3n) is 2.92. The van der Waals surface area contributed by atoms with Gasteiger partial charge in [0.1, 0.15) is 6.26 Å². The Morgan fingerprint density at radius 3 is 2.86 bits per heavy atom. The topological polar surface area (TPSA) is 55.3 Å². The van der Waals surface area contributed by atoms with Gasteiger partial charge in [-0.05, 0) is 12.8 Å². The van der Waals surface area contributed by atoms with Crippen LogP contribution >= 0.6 is 0 Å². The van der Waals surface area contributed by atoms with E-state index >= 15 is 0 Å². The summed E-state index contributed by atoms with van der Waals surface area (Å²) in [5.74, 6) is 0. The van der Waals surface area contributed by atoms with Crippen molar-refractivity contribution in [1.82, 2.24) is 4.98 Å². The molecule has 14 heavy (non-hydrogen) atoms. The van der Waals surface area contributed by atoms with Crippen LogP contribution < -0.4 is 10.6 Å². The molecular weight excluding hydrogens is 178 g/mol. The number of hydrogen-bond donors (Lipinski definition) is 1. The van der Waals surface area contributed by atoms with E-state index in [2.05, 4.69) is 9.88 Å². The molecule has 0 bridgehead atoms. The second-order valence-corrected chi connectivity index (χ2v) is 3.87. The summed E-state index contributed by atoms with van der Waals surface area (Å²) < 4.78 is 5.36. The molecule has 1 fully saturated rings. The van der Waals surface area contributed by atoms with E-state index in [1.807, 2.05) is 7.05 Å². The number of anilines is 1. The largest absolute Gasteiger partial charge is 0.432 e. The molecule has 1 aliphatic rings. The molecule has 2 N–H and O–H groups in total. The van der Waals surface area contributed by atoms with Crippen LogP contribution in [0.2, 0.25) is 0 Å². The summed E-state index contributed by atoms with van der Waals surface area (Å²) >= 11 is 0. The Labute approximate surface area is 84.1 Å². The van der Waals surface area contributed by atoms with E-state index in [0.29, 0.717) is 18.6 Å². The molecule has 78 valence electrons. The van der Waals surface area contributed by atoms with Crippen LogP contribution in [-0.4, -0.2) is 18.1 Å². The molecule has 1 heterocycles. The Kier molecular flexibility index (Phi) is 2.72. The fourth-order valence-corrected chi connectivity index (χ4v) is 2.00. The molecule has 0 aliphatic heterocycles. The summed E-state index contributed by atoms with van der Waals surface area (Å²) in [4.78, 5) is 6.44. The van der Waals surface area contributed by atoms with Crippen LogP contribution in [0.1, 0.15) is 31.4 Å². The van der Waals surface area contributed by atoms with Crippen molar-refractivity contribution < 1.29 is 4.42 Å². The summed E-state index contributed by atoms with van der Waals surface area (Å²) in [6.07, 6.45) is 6.77. The maximum Gasteiger partial charge on any atom is 0.297 e. The Morgan fingerprint density at radius 1 is 1.57 bits per heavy atom. The van der Waals surface area contributed by atoms with Crippen molar-refractivity contribution in [3.8, 4) is 0 Å². The molecule has 4 heteroatoms. The lowest BCUT2D eigenvalue weighted by Crippen LogP contribution is -2.29. The van der Waals surface area contributed by atoms with Gasteiger partial charge in [-0.1, -0.05) is 12.8 Å². The smallest absolute Gasteiger partial charge is 0.297 e. The number of hydrogen-bond acceptors (Lipinski definition) is 4. The summed E-state index contributed by atoms with van der Waals surface area (Å²) in [5.41, 5.74) is 6.30. The lowest BCUT2D eigenvalue weighted by molar-refractivity contribution is 0.512. The standard InChI is InChI=1S/C10H17N3O/c1-13(9-4-2-3-5-9)10-12-8(6-11)7-14-10/h7,9H,2-6,11H2,1H3. The van der Waals surface area contributed by atoms with Crippen LogP contribution in [0.25, 0.3) is 0 Å². The summed E-state index contributed by atoms with van der Waals surface area (Å²) in [7, 11) is 2.04. The van der Waals surface area contributed by atoms with Crippen molar-refractivity contribution in [2.75, 3.05) is 11.9 Å². The number of rotatable bonds is 3. The first-order chi connectivity index (χ1) is 6.81. The highest BCUT2D eigenvalue weighted by molar-refractivity contribution is 5.27. The highest BCUT2D eigenvalue weighted by atomic mass is 16.4. The van der Waals surface area contributed by atoms with Gasteiger partial charge in [0.2, 0.25) is 0 Å². The molecular formula is C10H17N3O. The van der Waals surface area contributed by atoms with E-state index in [9.17, 15) is 0 Å². The zero-order valence-corrected chi connectivity index (χ0v) is 8.57. The van der Waals surface area contributed by atoms with Crippen LogP contribution in [0.5, 0.6) is 0 Å². The van der Waals surface area contributed by atoms with Gasteiger partial charge >= 0.3 is 0 Å². The van der Waals surface area contributed by atoms with Gasteiger partial charge in [0.15, 0.2) is 0 Å². The van der Waals surface area contributed by atoms with Crippen molar-refractivity contribution >= 4 is 6.01 Å². The second-order valence-electron chi connectivity index (χ2n) is 3.87. The van der Waals surface area contributed by atoms with Gasteiger partial charge in [-0.2, -0.15) is 4.98 Å². The highest BCUT2D eigenvalue weighted by Crippen LogP contribution is 2.26. The van der Waals surface area contributed by atoms with Gasteiger partial charge < -0.3 is 15.1 Å². The second kappa shape index (κ2) is 4.00. The first-order valence-corrected chi connectivity index (χ1v) is 5.18. The number of nitrogens with two attached hydrogens (primary N) is 1. The van der Waals surface area contributed by atoms with E-state index in [-0.39, 0.29) is 0 Å². The molecule has 4 nitrogen and oxygen atoms in total. The number of oxazole rings is 1. The quantitative estimate of drug-likeness (QED) is 0.794. The maximum atomic E-state index is 5.48. The van der Waals surface area contributed by atoms with E-state index in [1.165, 1.54) is 25.7 Å². The Bertz CT molecular complexity index is 291. The monoisotopic (exact) mass is 195 g/mol. The van der Waals surface area contributed by atoms with Crippen LogP contribution in [-0.2, 0) is 6.54 Å². The molecule has 0 aromatic carbocycles. The SMILES string of the molecule is CN(c1nc(CN)co1)C1CCCC1. The summed E-state index contributed by atoms with van der Waals surface area (Å²) in [5, 5.41) is 0. The predicted octanol–water partition coefficient (Wildman–Crippen LogP) is 1.51. The van der Waals surface area contributed by atoms with E-state index in [0.717, 1.165) is 5.69 Å². The Balaban J connectivity index is 2.05. The summed E-state index contributed by atoms with van der Waals surface area (Å²) in [6, 6.07) is 1.30. The Morgan fingerprint density at radius 2 is 2.29 bits per heavy atom. The van der Waals surface area contributed by atoms with Gasteiger partial charge in [-0.15, -0.1) is 0 Å². The molecule has 1 aliphatic carbocycles. The third-order valence-corrected chi connectivity index (χ3v) is 2.92. The molecule has 0 saturated heterocycles. The highest BCUT2D eigenvalue weighted by Gasteiger charge is 2.22. The Hall–Kier alpha value is -1.03. The molecule has 1 saturated carbocycles. The fraction of sp³-hybridized carbons (Fsp3) is 0.700. The van der Waals surface area contributed by atoms with Gasteiger partial charge in [-0.3, -0.25) is 0 Å². The van der Waals surface area contributed by atoms with Crippen LogP contribution in [0.3, 0.4) is 0 Å². The molecule has 0 atom stereocenters. The van der Waals surface area contributed by atoms with Crippen molar-refractivity contribution in [3.05, 3.63) is 12.0 Å². The van der Waals surface area contributed by atoms with Crippen LogP contribution in [0.15, 0.2) is 10.7 Å². The molecule has 0 unspecified atom stereocenters. The molecule has 0 spiro atoms.